The Morgan fingerprint density at radius 1 is 1.13 bits per heavy atom. The molecule has 4 aliphatic rings. The van der Waals surface area contributed by atoms with Crippen molar-refractivity contribution in [3.8, 4) is 0 Å². The van der Waals surface area contributed by atoms with E-state index in [1.165, 1.54) is 0 Å². The summed E-state index contributed by atoms with van der Waals surface area (Å²) in [4.78, 5) is 31.6. The van der Waals surface area contributed by atoms with E-state index in [9.17, 15) is 49.9 Å². The topological polar surface area (TPSA) is 268 Å². The maximum absolute atomic E-state index is 11.9. The van der Waals surface area contributed by atoms with Crippen molar-refractivity contribution in [1.29, 1.82) is 0 Å². The Kier molecular flexibility index (Phi) is 5.59. The molecular weight excluding hydrogens is 447 g/mol. The van der Waals surface area contributed by atoms with Gasteiger partial charge in [-0.25, -0.2) is 27.7 Å². The summed E-state index contributed by atoms with van der Waals surface area (Å²) < 4.78 is 30.0. The standard InChI is InChI=1S/C12H15O17P/c13-1-2(14)3(15)4(16)6(18)10(21)25-26-12-11(22,27-30(23,28-12)29-12)8-5(17)7(19)9(20)24-8/h2-4,6,8,13-19,22H,1H2/t2?,3?,4?,6?,8-,11-,12?,30?/m0/s1. The number of ether oxygens (including phenoxy) is 1. The van der Waals surface area contributed by atoms with Gasteiger partial charge in [0, 0.05) is 0 Å². The normalized spacial score (nSPS) is 39.1. The molecule has 0 spiro atoms. The first-order valence-electron chi connectivity index (χ1n) is 7.81. The number of carbonyl (C=O) groups is 2. The van der Waals surface area contributed by atoms with E-state index in [4.69, 9.17) is 5.11 Å². The van der Waals surface area contributed by atoms with Gasteiger partial charge in [0.05, 0.1) is 6.61 Å². The third-order valence-electron chi connectivity index (χ3n) is 4.15. The Bertz CT molecular complexity index is 814. The van der Waals surface area contributed by atoms with Crippen molar-refractivity contribution in [2.45, 2.75) is 42.3 Å². The molecule has 4 aliphatic heterocycles. The van der Waals surface area contributed by atoms with Crippen LogP contribution in [-0.4, -0.2) is 102 Å². The van der Waals surface area contributed by atoms with E-state index in [1.54, 1.807) is 0 Å². The molecule has 4 rings (SSSR count). The van der Waals surface area contributed by atoms with Crippen LogP contribution in [0.2, 0.25) is 0 Å². The molecule has 0 aliphatic carbocycles. The zero-order chi connectivity index (χ0) is 22.6. The highest BCUT2D eigenvalue weighted by atomic mass is 31.2. The SMILES string of the molecule is O=C1O[C@H]([C@]2(O)OP3(=O)OC2(OOC(=O)C(O)C(O)C(O)C(O)CO)O3)C(O)=C1O. The Morgan fingerprint density at radius 2 is 1.73 bits per heavy atom. The highest BCUT2D eigenvalue weighted by Gasteiger charge is 2.87. The average Bonchev–Trinajstić information content (AvgIpc) is 3.18. The second kappa shape index (κ2) is 7.36. The number of hydrogen-bond donors (Lipinski definition) is 8. The minimum Gasteiger partial charge on any atom is -0.505 e. The quantitative estimate of drug-likeness (QED) is 0.0733. The summed E-state index contributed by atoms with van der Waals surface area (Å²) in [5.41, 5.74) is 0. The van der Waals surface area contributed by atoms with E-state index in [1.807, 2.05) is 0 Å². The van der Waals surface area contributed by atoms with Gasteiger partial charge in [-0.2, -0.15) is 0 Å². The zero-order valence-electron chi connectivity index (χ0n) is 14.3. The average molecular weight is 462 g/mol. The summed E-state index contributed by atoms with van der Waals surface area (Å²) in [7, 11) is -4.53. The molecule has 0 aromatic rings. The van der Waals surface area contributed by atoms with Gasteiger partial charge in [-0.3, -0.25) is 4.89 Å². The molecule has 0 aromatic carbocycles. The monoisotopic (exact) mass is 462 g/mol. The molecular formula is C12H15O17P. The number of aliphatic hydroxyl groups excluding tert-OH is 7. The molecule has 18 heteroatoms. The van der Waals surface area contributed by atoms with Crippen LogP contribution in [0.25, 0.3) is 0 Å². The van der Waals surface area contributed by atoms with Gasteiger partial charge >= 0.3 is 31.5 Å². The molecule has 6 atom stereocenters. The summed E-state index contributed by atoms with van der Waals surface area (Å²) >= 11 is 0. The van der Waals surface area contributed by atoms with E-state index in [0.717, 1.165) is 0 Å². The van der Waals surface area contributed by atoms with Gasteiger partial charge in [0.25, 0.3) is 0 Å². The Balaban J connectivity index is 1.72. The van der Waals surface area contributed by atoms with Gasteiger partial charge < -0.3 is 45.6 Å². The number of phosphoric acid groups is 1. The molecule has 30 heavy (non-hydrogen) atoms. The first-order chi connectivity index (χ1) is 13.8. The second-order valence-electron chi connectivity index (χ2n) is 6.15. The predicted octanol–water partition coefficient (Wildman–Crippen LogP) is -4.32. The lowest BCUT2D eigenvalue weighted by Crippen LogP contribution is -2.62. The fourth-order valence-electron chi connectivity index (χ4n) is 2.51. The van der Waals surface area contributed by atoms with Gasteiger partial charge in [0.15, 0.2) is 11.9 Å². The third-order valence-corrected chi connectivity index (χ3v) is 5.58. The smallest absolute Gasteiger partial charge is 0.487 e. The van der Waals surface area contributed by atoms with Crippen LogP contribution in [0.5, 0.6) is 0 Å². The van der Waals surface area contributed by atoms with Crippen molar-refractivity contribution in [3.05, 3.63) is 11.5 Å². The first kappa shape index (κ1) is 22.8. The van der Waals surface area contributed by atoms with Crippen LogP contribution in [0.15, 0.2) is 11.5 Å². The lowest BCUT2D eigenvalue weighted by molar-refractivity contribution is -0.514. The number of carbonyl (C=O) groups excluding carboxylic acids is 2. The summed E-state index contributed by atoms with van der Waals surface area (Å²) in [5, 5.41) is 76.1. The van der Waals surface area contributed by atoms with Crippen LogP contribution in [-0.2, 0) is 42.2 Å². The summed E-state index contributed by atoms with van der Waals surface area (Å²) in [6.45, 7) is -1.04. The molecule has 0 amide bonds. The number of esters is 1. The second-order valence-corrected chi connectivity index (χ2v) is 7.60. The number of aliphatic hydroxyl groups is 8. The maximum atomic E-state index is 11.9. The van der Waals surface area contributed by atoms with Crippen molar-refractivity contribution in [1.82, 2.24) is 0 Å². The van der Waals surface area contributed by atoms with Crippen molar-refractivity contribution < 1.29 is 83.1 Å². The zero-order valence-corrected chi connectivity index (χ0v) is 15.2. The Morgan fingerprint density at radius 3 is 2.23 bits per heavy atom. The molecule has 4 unspecified atom stereocenters. The molecule has 2 bridgehead atoms. The highest BCUT2D eigenvalue weighted by Crippen LogP contribution is 2.78. The van der Waals surface area contributed by atoms with E-state index >= 15 is 0 Å². The van der Waals surface area contributed by atoms with Crippen molar-refractivity contribution in [2.75, 3.05) is 6.61 Å². The summed E-state index contributed by atoms with van der Waals surface area (Å²) in [6, 6.07) is 0. The van der Waals surface area contributed by atoms with E-state index < -0.39 is 80.2 Å². The lowest BCUT2D eigenvalue weighted by atomic mass is 10.0. The molecule has 3 fully saturated rings. The van der Waals surface area contributed by atoms with Crippen LogP contribution in [0, 0.1) is 0 Å². The molecule has 3 saturated heterocycles. The first-order valence-corrected chi connectivity index (χ1v) is 9.27. The lowest BCUT2D eigenvalue weighted by Gasteiger charge is -2.37. The number of cyclic esters (lactones) is 1. The molecule has 8 N–H and O–H groups in total. The van der Waals surface area contributed by atoms with Crippen molar-refractivity contribution >= 4 is 19.8 Å². The Labute approximate surface area is 164 Å². The number of rotatable bonds is 8. The third kappa shape index (κ3) is 3.26. The number of fused-ring (bicyclic) bond motifs is 1. The minimum atomic E-state index is -4.53. The van der Waals surface area contributed by atoms with E-state index in [2.05, 4.69) is 28.1 Å². The highest BCUT2D eigenvalue weighted by molar-refractivity contribution is 7.50. The van der Waals surface area contributed by atoms with E-state index in [-0.39, 0.29) is 0 Å². The molecule has 0 radical (unpaired) electrons. The molecule has 4 heterocycles. The van der Waals surface area contributed by atoms with Crippen molar-refractivity contribution in [3.63, 3.8) is 0 Å². The number of phosphoric ester groups is 1. The summed E-state index contributed by atoms with van der Waals surface area (Å²) in [6.07, 6.45) is -11.5. The maximum Gasteiger partial charge on any atom is 0.487 e. The van der Waals surface area contributed by atoms with Crippen LogP contribution >= 0.6 is 7.82 Å². The largest absolute Gasteiger partial charge is 0.505 e. The van der Waals surface area contributed by atoms with Gasteiger partial charge in [0.2, 0.25) is 11.9 Å². The number of hydrogen-bond acceptors (Lipinski definition) is 17. The van der Waals surface area contributed by atoms with Gasteiger partial charge in [0.1, 0.15) is 18.3 Å². The van der Waals surface area contributed by atoms with Gasteiger partial charge in [-0.1, -0.05) is 0 Å². The molecule has 17 nitrogen and oxygen atoms in total. The fourth-order valence-corrected chi connectivity index (χ4v) is 4.06. The van der Waals surface area contributed by atoms with Crippen molar-refractivity contribution in [2.24, 2.45) is 0 Å². The summed E-state index contributed by atoms with van der Waals surface area (Å²) in [5.74, 6) is -12.5. The molecule has 0 aromatic heterocycles. The molecule has 170 valence electrons. The minimum absolute atomic E-state index is 1.04. The van der Waals surface area contributed by atoms with Crippen LogP contribution in [0.4, 0.5) is 0 Å². The van der Waals surface area contributed by atoms with E-state index in [0.29, 0.717) is 0 Å². The van der Waals surface area contributed by atoms with Crippen LogP contribution in [0.1, 0.15) is 0 Å². The Hall–Kier alpha value is -1.89. The fraction of sp³-hybridized carbons (Fsp3) is 0.667. The van der Waals surface area contributed by atoms with Crippen LogP contribution < -0.4 is 0 Å². The molecule has 0 saturated carbocycles. The van der Waals surface area contributed by atoms with Gasteiger partial charge in [-0.05, 0) is 0 Å². The van der Waals surface area contributed by atoms with Gasteiger partial charge in [-0.15, -0.1) is 4.89 Å². The predicted molar refractivity (Wildman–Crippen MR) is 79.0 cm³/mol. The van der Waals surface area contributed by atoms with Crippen LogP contribution in [0.3, 0.4) is 0 Å².